The average Bonchev–Trinajstić information content (AvgIpc) is 2.03. The summed E-state index contributed by atoms with van der Waals surface area (Å²) in [6.45, 7) is 4.01. The van der Waals surface area contributed by atoms with Crippen LogP contribution >= 0.6 is 0 Å². The molecule has 11 heavy (non-hydrogen) atoms. The number of ether oxygens (including phenoxy) is 1. The van der Waals surface area contributed by atoms with Crippen LogP contribution in [0.25, 0.3) is 0 Å². The molecule has 0 spiro atoms. The molecule has 1 aliphatic rings. The van der Waals surface area contributed by atoms with Crippen molar-refractivity contribution in [1.82, 2.24) is 0 Å². The second kappa shape index (κ2) is 4.73. The normalized spacial score (nSPS) is 28.4. The van der Waals surface area contributed by atoms with Crippen LogP contribution in [0.15, 0.2) is 0 Å². The maximum absolute atomic E-state index is 5.67. The Morgan fingerprint density at radius 1 is 1.64 bits per heavy atom. The van der Waals surface area contributed by atoms with E-state index in [-0.39, 0.29) is 0 Å². The Bertz CT molecular complexity index is 97.7. The maximum Gasteiger partial charge on any atom is 0.0494 e. The fourth-order valence-corrected chi connectivity index (χ4v) is 1.53. The van der Waals surface area contributed by atoms with E-state index >= 15 is 0 Å². The smallest absolute Gasteiger partial charge is 0.0494 e. The second-order valence-electron chi connectivity index (χ2n) is 3.64. The highest BCUT2D eigenvalue weighted by molar-refractivity contribution is 4.65. The van der Waals surface area contributed by atoms with Crippen molar-refractivity contribution < 1.29 is 4.74 Å². The minimum absolute atomic E-state index is 0.358. The maximum atomic E-state index is 5.67. The van der Waals surface area contributed by atoms with Crippen molar-refractivity contribution >= 4 is 0 Å². The predicted molar refractivity (Wildman–Crippen MR) is 46.4 cm³/mol. The van der Waals surface area contributed by atoms with Crippen molar-refractivity contribution in [2.75, 3.05) is 13.2 Å². The monoisotopic (exact) mass is 157 g/mol. The summed E-state index contributed by atoms with van der Waals surface area (Å²) in [7, 11) is 0. The van der Waals surface area contributed by atoms with Gasteiger partial charge in [-0.1, -0.05) is 0 Å². The minimum atomic E-state index is 0.358. The number of rotatable bonds is 3. The van der Waals surface area contributed by atoms with Gasteiger partial charge in [0.2, 0.25) is 0 Å². The van der Waals surface area contributed by atoms with E-state index in [4.69, 9.17) is 10.5 Å². The van der Waals surface area contributed by atoms with E-state index in [0.29, 0.717) is 6.04 Å². The van der Waals surface area contributed by atoms with Crippen molar-refractivity contribution in [3.63, 3.8) is 0 Å². The van der Waals surface area contributed by atoms with Crippen molar-refractivity contribution in [3.05, 3.63) is 0 Å². The minimum Gasteiger partial charge on any atom is -0.381 e. The standard InChI is InChI=1S/C9H19NO/c1-8(10)4-5-9-3-2-6-11-7-9/h8-9H,2-7,10H2,1H3/t8-,9?/m0/s1. The lowest BCUT2D eigenvalue weighted by Gasteiger charge is -2.22. The third kappa shape index (κ3) is 3.73. The highest BCUT2D eigenvalue weighted by atomic mass is 16.5. The Hall–Kier alpha value is -0.0800. The predicted octanol–water partition coefficient (Wildman–Crippen LogP) is 1.54. The zero-order chi connectivity index (χ0) is 8.10. The zero-order valence-corrected chi connectivity index (χ0v) is 7.38. The molecule has 1 unspecified atom stereocenters. The first-order valence-electron chi connectivity index (χ1n) is 4.62. The average molecular weight is 157 g/mol. The molecular formula is C9H19NO. The summed E-state index contributed by atoms with van der Waals surface area (Å²) >= 11 is 0. The van der Waals surface area contributed by atoms with Crippen LogP contribution in [0.1, 0.15) is 32.6 Å². The second-order valence-corrected chi connectivity index (χ2v) is 3.64. The van der Waals surface area contributed by atoms with Gasteiger partial charge in [0, 0.05) is 19.3 Å². The summed E-state index contributed by atoms with van der Waals surface area (Å²) in [5.74, 6) is 0.787. The Morgan fingerprint density at radius 2 is 2.45 bits per heavy atom. The van der Waals surface area contributed by atoms with E-state index in [0.717, 1.165) is 25.6 Å². The first-order chi connectivity index (χ1) is 5.29. The summed E-state index contributed by atoms with van der Waals surface area (Å²) in [5, 5.41) is 0. The van der Waals surface area contributed by atoms with Gasteiger partial charge < -0.3 is 10.5 Å². The first kappa shape index (κ1) is 9.01. The highest BCUT2D eigenvalue weighted by Crippen LogP contribution is 2.18. The Kier molecular flexibility index (Phi) is 3.87. The van der Waals surface area contributed by atoms with Crippen LogP contribution in [-0.2, 0) is 4.74 Å². The van der Waals surface area contributed by atoms with Crippen LogP contribution < -0.4 is 5.73 Å². The lowest BCUT2D eigenvalue weighted by atomic mass is 9.95. The van der Waals surface area contributed by atoms with Gasteiger partial charge >= 0.3 is 0 Å². The van der Waals surface area contributed by atoms with Crippen molar-refractivity contribution in [2.24, 2.45) is 11.7 Å². The summed E-state index contributed by atoms with van der Waals surface area (Å²) in [5.41, 5.74) is 5.67. The highest BCUT2D eigenvalue weighted by Gasteiger charge is 2.13. The van der Waals surface area contributed by atoms with Crippen LogP contribution in [0.3, 0.4) is 0 Å². The SMILES string of the molecule is C[C@H](N)CCC1CCCOC1. The van der Waals surface area contributed by atoms with E-state index in [2.05, 4.69) is 6.92 Å². The van der Waals surface area contributed by atoms with Gasteiger partial charge in [-0.25, -0.2) is 0 Å². The third-order valence-corrected chi connectivity index (χ3v) is 2.28. The summed E-state index contributed by atoms with van der Waals surface area (Å²) in [6, 6.07) is 0.358. The van der Waals surface area contributed by atoms with E-state index in [1.807, 2.05) is 0 Å². The molecule has 2 N–H and O–H groups in total. The van der Waals surface area contributed by atoms with Crippen LogP contribution in [0, 0.1) is 5.92 Å². The largest absolute Gasteiger partial charge is 0.381 e. The van der Waals surface area contributed by atoms with Crippen LogP contribution in [0.4, 0.5) is 0 Å². The molecule has 1 saturated heterocycles. The Labute approximate surface area is 69.1 Å². The molecule has 2 nitrogen and oxygen atoms in total. The number of hydrogen-bond acceptors (Lipinski definition) is 2. The Balaban J connectivity index is 2.05. The van der Waals surface area contributed by atoms with Gasteiger partial charge in [0.15, 0.2) is 0 Å². The molecule has 1 fully saturated rings. The molecule has 0 aromatic carbocycles. The molecule has 2 atom stereocenters. The molecule has 0 aromatic heterocycles. The lowest BCUT2D eigenvalue weighted by molar-refractivity contribution is 0.0504. The quantitative estimate of drug-likeness (QED) is 0.674. The van der Waals surface area contributed by atoms with Crippen LogP contribution in [0.2, 0.25) is 0 Å². The fraction of sp³-hybridized carbons (Fsp3) is 1.00. The van der Waals surface area contributed by atoms with E-state index in [9.17, 15) is 0 Å². The number of hydrogen-bond donors (Lipinski definition) is 1. The summed E-state index contributed by atoms with van der Waals surface area (Å²) < 4.78 is 5.37. The molecule has 0 radical (unpaired) electrons. The third-order valence-electron chi connectivity index (χ3n) is 2.28. The molecular weight excluding hydrogens is 138 g/mol. The van der Waals surface area contributed by atoms with Crippen molar-refractivity contribution in [1.29, 1.82) is 0 Å². The lowest BCUT2D eigenvalue weighted by Crippen LogP contribution is -2.21. The molecule has 1 heterocycles. The van der Waals surface area contributed by atoms with Gasteiger partial charge in [-0.3, -0.25) is 0 Å². The molecule has 0 amide bonds. The van der Waals surface area contributed by atoms with Gasteiger partial charge in [0.25, 0.3) is 0 Å². The molecule has 66 valence electrons. The summed E-state index contributed by atoms with van der Waals surface area (Å²) in [6.07, 6.45) is 4.97. The molecule has 1 rings (SSSR count). The molecule has 2 heteroatoms. The molecule has 0 aliphatic carbocycles. The van der Waals surface area contributed by atoms with Gasteiger partial charge in [-0.05, 0) is 38.5 Å². The molecule has 0 bridgehead atoms. The summed E-state index contributed by atoms with van der Waals surface area (Å²) in [4.78, 5) is 0. The fourth-order valence-electron chi connectivity index (χ4n) is 1.53. The van der Waals surface area contributed by atoms with Gasteiger partial charge in [0.05, 0.1) is 0 Å². The van der Waals surface area contributed by atoms with Crippen LogP contribution in [-0.4, -0.2) is 19.3 Å². The van der Waals surface area contributed by atoms with E-state index in [1.165, 1.54) is 19.3 Å². The van der Waals surface area contributed by atoms with Crippen molar-refractivity contribution in [3.8, 4) is 0 Å². The van der Waals surface area contributed by atoms with E-state index in [1.54, 1.807) is 0 Å². The molecule has 1 aliphatic heterocycles. The number of nitrogens with two attached hydrogens (primary N) is 1. The van der Waals surface area contributed by atoms with Gasteiger partial charge in [0.1, 0.15) is 0 Å². The molecule has 0 saturated carbocycles. The van der Waals surface area contributed by atoms with Gasteiger partial charge in [-0.15, -0.1) is 0 Å². The Morgan fingerprint density at radius 3 is 3.00 bits per heavy atom. The topological polar surface area (TPSA) is 35.2 Å². The van der Waals surface area contributed by atoms with Crippen LogP contribution in [0.5, 0.6) is 0 Å². The zero-order valence-electron chi connectivity index (χ0n) is 7.38. The van der Waals surface area contributed by atoms with Crippen molar-refractivity contribution in [2.45, 2.75) is 38.6 Å². The first-order valence-corrected chi connectivity index (χ1v) is 4.62. The van der Waals surface area contributed by atoms with E-state index < -0.39 is 0 Å². The van der Waals surface area contributed by atoms with Gasteiger partial charge in [-0.2, -0.15) is 0 Å². The molecule has 0 aromatic rings.